The van der Waals surface area contributed by atoms with Crippen LogP contribution in [0.4, 0.5) is 0 Å². The zero-order chi connectivity index (χ0) is 11.6. The van der Waals surface area contributed by atoms with Crippen LogP contribution < -0.4 is 5.32 Å². The van der Waals surface area contributed by atoms with Crippen molar-refractivity contribution >= 4 is 11.6 Å². The van der Waals surface area contributed by atoms with Gasteiger partial charge in [0.05, 0.1) is 6.10 Å². The molecule has 1 rings (SSSR count). The van der Waals surface area contributed by atoms with E-state index in [1.165, 1.54) is 32.1 Å². The molecule has 0 aromatic rings. The lowest BCUT2D eigenvalue weighted by molar-refractivity contribution is 0.102. The first-order valence-electron chi connectivity index (χ1n) is 6.75. The molecule has 1 heterocycles. The van der Waals surface area contributed by atoms with Crippen LogP contribution in [0.1, 0.15) is 45.4 Å². The molecule has 2 nitrogen and oxygen atoms in total. The average molecular weight is 248 g/mol. The van der Waals surface area contributed by atoms with Crippen molar-refractivity contribution in [3.8, 4) is 0 Å². The fraction of sp³-hybridized carbons (Fsp3) is 1.00. The minimum atomic E-state index is 0.548. The second-order valence-electron chi connectivity index (χ2n) is 4.73. The molecule has 1 aliphatic rings. The van der Waals surface area contributed by atoms with Gasteiger partial charge >= 0.3 is 0 Å². The maximum atomic E-state index is 5.76. The molecular weight excluding hydrogens is 222 g/mol. The molecule has 1 aliphatic heterocycles. The number of hydrogen-bond acceptors (Lipinski definition) is 2. The second-order valence-corrected chi connectivity index (χ2v) is 5.11. The molecule has 1 saturated heterocycles. The molecule has 1 N–H and O–H groups in total. The highest BCUT2D eigenvalue weighted by molar-refractivity contribution is 6.17. The molecule has 0 spiro atoms. The first-order chi connectivity index (χ1) is 7.86. The van der Waals surface area contributed by atoms with Gasteiger partial charge < -0.3 is 10.1 Å². The van der Waals surface area contributed by atoms with E-state index in [9.17, 15) is 0 Å². The van der Waals surface area contributed by atoms with Crippen LogP contribution in [-0.4, -0.2) is 31.7 Å². The Hall–Kier alpha value is 0.210. The topological polar surface area (TPSA) is 21.3 Å². The summed E-state index contributed by atoms with van der Waals surface area (Å²) < 4.78 is 5.60. The quantitative estimate of drug-likeness (QED) is 0.499. The summed E-state index contributed by atoms with van der Waals surface area (Å²) >= 11 is 5.76. The molecule has 2 atom stereocenters. The summed E-state index contributed by atoms with van der Waals surface area (Å²) in [5, 5.41) is 3.53. The fourth-order valence-electron chi connectivity index (χ4n) is 2.24. The van der Waals surface area contributed by atoms with Crippen molar-refractivity contribution in [1.82, 2.24) is 5.32 Å². The van der Waals surface area contributed by atoms with Crippen molar-refractivity contribution in [3.05, 3.63) is 0 Å². The van der Waals surface area contributed by atoms with Gasteiger partial charge in [-0.15, -0.1) is 11.6 Å². The summed E-state index contributed by atoms with van der Waals surface area (Å²) in [5.74, 6) is 1.54. The molecule has 0 aliphatic carbocycles. The molecule has 0 radical (unpaired) electrons. The van der Waals surface area contributed by atoms with Crippen molar-refractivity contribution in [2.24, 2.45) is 5.92 Å². The molecule has 0 bridgehead atoms. The Morgan fingerprint density at radius 2 is 2.38 bits per heavy atom. The Morgan fingerprint density at radius 1 is 1.50 bits per heavy atom. The molecule has 0 aromatic carbocycles. The Kier molecular flexibility index (Phi) is 8.26. The summed E-state index contributed by atoms with van der Waals surface area (Å²) in [4.78, 5) is 0. The molecule has 3 heteroatoms. The Bertz CT molecular complexity index is 160. The summed E-state index contributed by atoms with van der Waals surface area (Å²) in [5.41, 5.74) is 0. The minimum absolute atomic E-state index is 0.548. The number of alkyl halides is 1. The third kappa shape index (κ3) is 6.07. The zero-order valence-corrected chi connectivity index (χ0v) is 11.3. The van der Waals surface area contributed by atoms with Gasteiger partial charge in [-0.1, -0.05) is 13.3 Å². The van der Waals surface area contributed by atoms with E-state index < -0.39 is 0 Å². The third-order valence-corrected chi connectivity index (χ3v) is 3.65. The maximum absolute atomic E-state index is 5.76. The number of ether oxygens (including phenoxy) is 1. The van der Waals surface area contributed by atoms with Crippen LogP contribution in [0.3, 0.4) is 0 Å². The van der Waals surface area contributed by atoms with Crippen LogP contribution in [0.25, 0.3) is 0 Å². The van der Waals surface area contributed by atoms with Gasteiger partial charge in [0, 0.05) is 12.5 Å². The molecule has 16 heavy (non-hydrogen) atoms. The predicted octanol–water partition coefficient (Wildman–Crippen LogP) is 3.19. The summed E-state index contributed by atoms with van der Waals surface area (Å²) in [6, 6.07) is 0. The van der Waals surface area contributed by atoms with Crippen LogP contribution in [0.5, 0.6) is 0 Å². The SMILES string of the molecule is CCC(CCCl)CNCCCC1CCCO1. The maximum Gasteiger partial charge on any atom is 0.0576 e. The van der Waals surface area contributed by atoms with E-state index in [2.05, 4.69) is 12.2 Å². The van der Waals surface area contributed by atoms with E-state index in [1.54, 1.807) is 0 Å². The standard InChI is InChI=1S/C13H26ClNO/c1-2-12(7-8-14)11-15-9-3-5-13-6-4-10-16-13/h12-13,15H,2-11H2,1H3. The van der Waals surface area contributed by atoms with Gasteiger partial charge in [0.1, 0.15) is 0 Å². The highest BCUT2D eigenvalue weighted by Gasteiger charge is 2.14. The lowest BCUT2D eigenvalue weighted by Gasteiger charge is -2.14. The van der Waals surface area contributed by atoms with E-state index in [1.807, 2.05) is 0 Å². The largest absolute Gasteiger partial charge is 0.378 e. The Balaban J connectivity index is 1.89. The first kappa shape index (κ1) is 14.3. The molecule has 96 valence electrons. The van der Waals surface area contributed by atoms with E-state index in [4.69, 9.17) is 16.3 Å². The number of hydrogen-bond donors (Lipinski definition) is 1. The average Bonchev–Trinajstić information content (AvgIpc) is 2.80. The van der Waals surface area contributed by atoms with Gasteiger partial charge in [-0.2, -0.15) is 0 Å². The highest BCUT2D eigenvalue weighted by Crippen LogP contribution is 2.16. The van der Waals surface area contributed by atoms with Crippen LogP contribution in [0.15, 0.2) is 0 Å². The van der Waals surface area contributed by atoms with Gasteiger partial charge in [0.15, 0.2) is 0 Å². The number of halogens is 1. The fourth-order valence-corrected chi connectivity index (χ4v) is 2.55. The predicted molar refractivity (Wildman–Crippen MR) is 70.2 cm³/mol. The molecule has 2 unspecified atom stereocenters. The molecular formula is C13H26ClNO. The molecule has 0 saturated carbocycles. The number of rotatable bonds is 9. The molecule has 1 fully saturated rings. The van der Waals surface area contributed by atoms with E-state index >= 15 is 0 Å². The minimum Gasteiger partial charge on any atom is -0.378 e. The highest BCUT2D eigenvalue weighted by atomic mass is 35.5. The first-order valence-corrected chi connectivity index (χ1v) is 7.28. The van der Waals surface area contributed by atoms with Gasteiger partial charge in [0.2, 0.25) is 0 Å². The normalized spacial score (nSPS) is 22.5. The van der Waals surface area contributed by atoms with Crippen LogP contribution in [0, 0.1) is 5.92 Å². The summed E-state index contributed by atoms with van der Waals surface area (Å²) in [6.45, 7) is 5.46. The number of nitrogens with one attached hydrogen (secondary N) is 1. The second kappa shape index (κ2) is 9.26. The lowest BCUT2D eigenvalue weighted by atomic mass is 10.0. The van der Waals surface area contributed by atoms with E-state index in [0.29, 0.717) is 6.10 Å². The van der Waals surface area contributed by atoms with E-state index in [0.717, 1.165) is 37.9 Å². The summed E-state index contributed by atoms with van der Waals surface area (Å²) in [7, 11) is 0. The zero-order valence-electron chi connectivity index (χ0n) is 10.5. The van der Waals surface area contributed by atoms with Crippen molar-refractivity contribution in [3.63, 3.8) is 0 Å². The van der Waals surface area contributed by atoms with E-state index in [-0.39, 0.29) is 0 Å². The van der Waals surface area contributed by atoms with Crippen LogP contribution >= 0.6 is 11.6 Å². The van der Waals surface area contributed by atoms with Crippen LogP contribution in [0.2, 0.25) is 0 Å². The van der Waals surface area contributed by atoms with Crippen molar-refractivity contribution in [2.75, 3.05) is 25.6 Å². The Labute approximate surface area is 105 Å². The van der Waals surface area contributed by atoms with Gasteiger partial charge in [-0.3, -0.25) is 0 Å². The summed E-state index contributed by atoms with van der Waals surface area (Å²) in [6.07, 6.45) is 7.89. The Morgan fingerprint density at radius 3 is 3.00 bits per heavy atom. The van der Waals surface area contributed by atoms with Gasteiger partial charge in [-0.25, -0.2) is 0 Å². The smallest absolute Gasteiger partial charge is 0.0576 e. The monoisotopic (exact) mass is 247 g/mol. The van der Waals surface area contributed by atoms with Gasteiger partial charge in [0.25, 0.3) is 0 Å². The van der Waals surface area contributed by atoms with Crippen molar-refractivity contribution in [2.45, 2.75) is 51.6 Å². The van der Waals surface area contributed by atoms with Crippen molar-refractivity contribution < 1.29 is 4.74 Å². The van der Waals surface area contributed by atoms with Crippen molar-refractivity contribution in [1.29, 1.82) is 0 Å². The lowest BCUT2D eigenvalue weighted by Crippen LogP contribution is -2.24. The molecule has 0 aromatic heterocycles. The third-order valence-electron chi connectivity index (χ3n) is 3.43. The molecule has 0 amide bonds. The van der Waals surface area contributed by atoms with Gasteiger partial charge in [-0.05, 0) is 51.1 Å². The van der Waals surface area contributed by atoms with Crippen LogP contribution in [-0.2, 0) is 4.74 Å².